The molecule has 92 valence electrons. The highest BCUT2D eigenvalue weighted by Crippen LogP contribution is 2.54. The molecule has 3 fully saturated rings. The maximum atomic E-state index is 6.00. The van der Waals surface area contributed by atoms with Gasteiger partial charge in [-0.2, -0.15) is 0 Å². The lowest BCUT2D eigenvalue weighted by atomic mass is 9.56. The predicted octanol–water partition coefficient (Wildman–Crippen LogP) is 2.52. The second kappa shape index (κ2) is 4.30. The third-order valence-electron chi connectivity index (χ3n) is 5.49. The van der Waals surface area contributed by atoms with Gasteiger partial charge >= 0.3 is 0 Å². The van der Waals surface area contributed by atoms with Gasteiger partial charge in [-0.1, -0.05) is 19.3 Å². The van der Waals surface area contributed by atoms with E-state index >= 15 is 0 Å². The van der Waals surface area contributed by atoms with Crippen molar-refractivity contribution in [3.63, 3.8) is 0 Å². The highest BCUT2D eigenvalue weighted by molar-refractivity contribution is 5.03. The van der Waals surface area contributed by atoms with Crippen LogP contribution in [0.4, 0.5) is 0 Å². The van der Waals surface area contributed by atoms with Gasteiger partial charge in [0.1, 0.15) is 0 Å². The summed E-state index contributed by atoms with van der Waals surface area (Å²) in [5.41, 5.74) is 6.75. The fraction of sp³-hybridized carbons (Fsp3) is 1.00. The zero-order chi connectivity index (χ0) is 11.0. The molecule has 3 aliphatic rings. The normalized spacial score (nSPS) is 36.2. The molecule has 0 amide bonds. The molecule has 2 heteroatoms. The van der Waals surface area contributed by atoms with E-state index in [1.54, 1.807) is 0 Å². The van der Waals surface area contributed by atoms with Gasteiger partial charge in [-0.15, -0.1) is 0 Å². The first-order valence-electron chi connectivity index (χ1n) is 7.30. The molecule has 2 aliphatic carbocycles. The van der Waals surface area contributed by atoms with Gasteiger partial charge in [0.25, 0.3) is 0 Å². The summed E-state index contributed by atoms with van der Waals surface area (Å²) in [6.07, 6.45) is 12.9. The van der Waals surface area contributed by atoms with E-state index in [2.05, 4.69) is 4.90 Å². The Hall–Kier alpha value is -0.0800. The summed E-state index contributed by atoms with van der Waals surface area (Å²) in [6.45, 7) is 2.54. The quantitative estimate of drug-likeness (QED) is 0.738. The minimum atomic E-state index is 0.485. The minimum absolute atomic E-state index is 0.485. The Morgan fingerprint density at radius 1 is 0.875 bits per heavy atom. The predicted molar refractivity (Wildman–Crippen MR) is 67.3 cm³/mol. The number of piperidine rings is 1. The third-order valence-corrected chi connectivity index (χ3v) is 5.49. The summed E-state index contributed by atoms with van der Waals surface area (Å²) in [4.78, 5) is 2.78. The van der Waals surface area contributed by atoms with Crippen molar-refractivity contribution >= 4 is 0 Å². The van der Waals surface area contributed by atoms with Crippen LogP contribution < -0.4 is 5.73 Å². The first kappa shape index (κ1) is 11.0. The van der Waals surface area contributed by atoms with Gasteiger partial charge in [-0.3, -0.25) is 4.90 Å². The SMILES string of the molecule is NC1CCN(C2CCC23CCCCC3)CC1. The fourth-order valence-corrected chi connectivity index (χ4v) is 4.32. The van der Waals surface area contributed by atoms with Gasteiger partial charge in [0.2, 0.25) is 0 Å². The molecule has 1 unspecified atom stereocenters. The molecule has 16 heavy (non-hydrogen) atoms. The van der Waals surface area contributed by atoms with Gasteiger partial charge in [0.05, 0.1) is 0 Å². The van der Waals surface area contributed by atoms with Crippen LogP contribution in [0.15, 0.2) is 0 Å². The Labute approximate surface area is 99.6 Å². The van der Waals surface area contributed by atoms with Crippen LogP contribution in [0, 0.1) is 5.41 Å². The third kappa shape index (κ3) is 1.80. The van der Waals surface area contributed by atoms with Crippen LogP contribution in [0.3, 0.4) is 0 Å². The average Bonchev–Trinajstić information content (AvgIpc) is 2.32. The van der Waals surface area contributed by atoms with E-state index in [-0.39, 0.29) is 0 Å². The van der Waals surface area contributed by atoms with Crippen molar-refractivity contribution in [1.82, 2.24) is 4.90 Å². The summed E-state index contributed by atoms with van der Waals surface area (Å²) in [6, 6.07) is 1.42. The maximum absolute atomic E-state index is 6.00. The Kier molecular flexibility index (Phi) is 2.97. The lowest BCUT2D eigenvalue weighted by Gasteiger charge is -2.57. The summed E-state index contributed by atoms with van der Waals surface area (Å²) < 4.78 is 0. The Bertz CT molecular complexity index is 237. The number of nitrogens with zero attached hydrogens (tertiary/aromatic N) is 1. The maximum Gasteiger partial charge on any atom is 0.0152 e. The molecule has 3 rings (SSSR count). The molecule has 2 nitrogen and oxygen atoms in total. The lowest BCUT2D eigenvalue weighted by Crippen LogP contribution is -2.58. The standard InChI is InChI=1S/C14H26N2/c15-12-5-10-16(11-6-12)13-4-9-14(13)7-2-1-3-8-14/h12-13H,1-11,15H2. The molecular weight excluding hydrogens is 196 g/mol. The van der Waals surface area contributed by atoms with E-state index in [4.69, 9.17) is 5.73 Å². The van der Waals surface area contributed by atoms with Crippen LogP contribution in [-0.4, -0.2) is 30.1 Å². The van der Waals surface area contributed by atoms with Crippen molar-refractivity contribution in [1.29, 1.82) is 0 Å². The summed E-state index contributed by atoms with van der Waals surface area (Å²) in [7, 11) is 0. The molecule has 1 atom stereocenters. The average molecular weight is 222 g/mol. The van der Waals surface area contributed by atoms with E-state index < -0.39 is 0 Å². The summed E-state index contributed by atoms with van der Waals surface area (Å²) in [5.74, 6) is 0. The molecule has 0 aromatic rings. The number of hydrogen-bond acceptors (Lipinski definition) is 2. The zero-order valence-electron chi connectivity index (χ0n) is 10.5. The minimum Gasteiger partial charge on any atom is -0.328 e. The van der Waals surface area contributed by atoms with Crippen LogP contribution >= 0.6 is 0 Å². The molecule has 1 saturated heterocycles. The number of hydrogen-bond donors (Lipinski definition) is 1. The fourth-order valence-electron chi connectivity index (χ4n) is 4.32. The first-order valence-corrected chi connectivity index (χ1v) is 7.30. The molecule has 1 spiro atoms. The molecule has 2 N–H and O–H groups in total. The van der Waals surface area contributed by atoms with Crippen LogP contribution in [0.25, 0.3) is 0 Å². The smallest absolute Gasteiger partial charge is 0.0152 e. The van der Waals surface area contributed by atoms with Gasteiger partial charge < -0.3 is 5.73 Å². The van der Waals surface area contributed by atoms with E-state index in [1.807, 2.05) is 0 Å². The van der Waals surface area contributed by atoms with Gasteiger partial charge in [-0.25, -0.2) is 0 Å². The highest BCUT2D eigenvalue weighted by atomic mass is 15.2. The van der Waals surface area contributed by atoms with Crippen LogP contribution in [0.1, 0.15) is 57.8 Å². The number of nitrogens with two attached hydrogens (primary N) is 1. The van der Waals surface area contributed by atoms with Gasteiger partial charge in [0, 0.05) is 12.1 Å². The number of rotatable bonds is 1. The topological polar surface area (TPSA) is 29.3 Å². The molecule has 1 heterocycles. The van der Waals surface area contributed by atoms with E-state index in [9.17, 15) is 0 Å². The van der Waals surface area contributed by atoms with Gasteiger partial charge in [0.15, 0.2) is 0 Å². The molecule has 0 bridgehead atoms. The van der Waals surface area contributed by atoms with Crippen LogP contribution in [0.5, 0.6) is 0 Å². The molecule has 0 aromatic carbocycles. The van der Waals surface area contributed by atoms with Crippen molar-refractivity contribution in [3.8, 4) is 0 Å². The Morgan fingerprint density at radius 3 is 2.12 bits per heavy atom. The highest BCUT2D eigenvalue weighted by Gasteiger charge is 2.49. The van der Waals surface area contributed by atoms with Crippen molar-refractivity contribution in [3.05, 3.63) is 0 Å². The second-order valence-electron chi connectivity index (χ2n) is 6.35. The largest absolute Gasteiger partial charge is 0.328 e. The molecule has 1 aliphatic heterocycles. The van der Waals surface area contributed by atoms with Crippen LogP contribution in [0.2, 0.25) is 0 Å². The Morgan fingerprint density at radius 2 is 1.56 bits per heavy atom. The van der Waals surface area contributed by atoms with Crippen molar-refractivity contribution < 1.29 is 0 Å². The lowest BCUT2D eigenvalue weighted by molar-refractivity contribution is -0.0608. The zero-order valence-corrected chi connectivity index (χ0v) is 10.5. The summed E-state index contributed by atoms with van der Waals surface area (Å²) >= 11 is 0. The molecule has 0 radical (unpaired) electrons. The molecule has 0 aromatic heterocycles. The van der Waals surface area contributed by atoms with Crippen molar-refractivity contribution in [2.75, 3.05) is 13.1 Å². The molecule has 2 saturated carbocycles. The van der Waals surface area contributed by atoms with E-state index in [0.717, 1.165) is 11.5 Å². The Balaban J connectivity index is 1.62. The first-order chi connectivity index (χ1) is 7.80. The van der Waals surface area contributed by atoms with E-state index in [0.29, 0.717) is 6.04 Å². The molecular formula is C14H26N2. The number of likely N-dealkylation sites (tertiary alicyclic amines) is 1. The second-order valence-corrected chi connectivity index (χ2v) is 6.35. The summed E-state index contributed by atoms with van der Waals surface area (Å²) in [5, 5.41) is 0. The van der Waals surface area contributed by atoms with Gasteiger partial charge in [-0.05, 0) is 57.0 Å². The van der Waals surface area contributed by atoms with E-state index in [1.165, 1.54) is 70.9 Å². The van der Waals surface area contributed by atoms with Crippen molar-refractivity contribution in [2.45, 2.75) is 69.9 Å². The van der Waals surface area contributed by atoms with Crippen LogP contribution in [-0.2, 0) is 0 Å². The monoisotopic (exact) mass is 222 g/mol. The van der Waals surface area contributed by atoms with Crippen molar-refractivity contribution in [2.24, 2.45) is 11.1 Å².